The summed E-state index contributed by atoms with van der Waals surface area (Å²) in [5, 5.41) is 5.87. The van der Waals surface area contributed by atoms with Crippen LogP contribution in [0.4, 0.5) is 11.5 Å². The molecule has 1 heterocycles. The highest BCUT2D eigenvalue weighted by molar-refractivity contribution is 5.84. The summed E-state index contributed by atoms with van der Waals surface area (Å²) in [4.78, 5) is 15.5. The fourth-order valence-corrected chi connectivity index (χ4v) is 1.22. The lowest BCUT2D eigenvalue weighted by Gasteiger charge is -2.16. The Morgan fingerprint density at radius 1 is 1.38 bits per heavy atom. The van der Waals surface area contributed by atoms with Gasteiger partial charge in [-0.05, 0) is 32.9 Å². The fraction of sp³-hybridized carbons (Fsp3) is 0.455. The van der Waals surface area contributed by atoms with Gasteiger partial charge in [-0.3, -0.25) is 4.79 Å². The first-order chi connectivity index (χ1) is 7.49. The smallest absolute Gasteiger partial charge is 0.242 e. The van der Waals surface area contributed by atoms with Gasteiger partial charge >= 0.3 is 0 Å². The summed E-state index contributed by atoms with van der Waals surface area (Å²) in [6, 6.07) is 3.32. The van der Waals surface area contributed by atoms with Crippen LogP contribution in [0, 0.1) is 0 Å². The zero-order valence-corrected chi connectivity index (χ0v) is 9.82. The largest absolute Gasteiger partial charge is 0.384 e. The van der Waals surface area contributed by atoms with E-state index in [1.807, 2.05) is 13.8 Å². The van der Waals surface area contributed by atoms with Gasteiger partial charge in [0.05, 0.1) is 11.9 Å². The summed E-state index contributed by atoms with van der Waals surface area (Å²) in [6.45, 7) is 5.65. The van der Waals surface area contributed by atoms with Crippen LogP contribution in [0.2, 0.25) is 0 Å². The van der Waals surface area contributed by atoms with Gasteiger partial charge in [0.15, 0.2) is 0 Å². The molecule has 0 fully saturated rings. The van der Waals surface area contributed by atoms with Gasteiger partial charge in [0.25, 0.3) is 0 Å². The van der Waals surface area contributed by atoms with Gasteiger partial charge in [0.2, 0.25) is 5.91 Å². The van der Waals surface area contributed by atoms with Gasteiger partial charge in [-0.1, -0.05) is 0 Å². The maximum atomic E-state index is 11.6. The Morgan fingerprint density at radius 2 is 2.06 bits per heavy atom. The number of hydrogen-bond acceptors (Lipinski definition) is 4. The second-order valence-electron chi connectivity index (χ2n) is 4.00. The summed E-state index contributed by atoms with van der Waals surface area (Å²) in [6.07, 6.45) is 1.61. The Bertz CT molecular complexity index is 348. The molecular formula is C11H18N4O. The van der Waals surface area contributed by atoms with Gasteiger partial charge < -0.3 is 16.4 Å². The first-order valence-corrected chi connectivity index (χ1v) is 5.27. The molecule has 1 aromatic heterocycles. The molecule has 0 radical (unpaired) electrons. The molecule has 5 heteroatoms. The molecule has 1 unspecified atom stereocenters. The van der Waals surface area contributed by atoms with Crippen LogP contribution in [0.3, 0.4) is 0 Å². The molecule has 4 N–H and O–H groups in total. The summed E-state index contributed by atoms with van der Waals surface area (Å²) in [7, 11) is 0. The molecule has 0 bridgehead atoms. The number of rotatable bonds is 4. The molecule has 0 aliphatic rings. The van der Waals surface area contributed by atoms with E-state index in [0.717, 1.165) is 5.69 Å². The lowest BCUT2D eigenvalue weighted by molar-refractivity contribution is -0.122. The number of nitrogens with one attached hydrogen (secondary N) is 2. The molecule has 1 aromatic rings. The number of nitrogens with two attached hydrogens (primary N) is 1. The standard InChI is InChI=1S/C11H18N4O/c1-7(2)14-11(16)8(3)15-9-4-5-10(12)13-6-9/h4-8,15H,1-3H3,(H2,12,13)(H,14,16). The van der Waals surface area contributed by atoms with Gasteiger partial charge in [-0.25, -0.2) is 4.98 Å². The highest BCUT2D eigenvalue weighted by atomic mass is 16.2. The maximum Gasteiger partial charge on any atom is 0.242 e. The van der Waals surface area contributed by atoms with Crippen LogP contribution in [0.1, 0.15) is 20.8 Å². The highest BCUT2D eigenvalue weighted by Gasteiger charge is 2.12. The molecule has 0 spiro atoms. The molecule has 0 saturated carbocycles. The van der Waals surface area contributed by atoms with Crippen LogP contribution >= 0.6 is 0 Å². The minimum atomic E-state index is -0.298. The molecule has 1 rings (SSSR count). The van der Waals surface area contributed by atoms with Crippen LogP contribution in [0.5, 0.6) is 0 Å². The normalized spacial score (nSPS) is 12.2. The minimum absolute atomic E-state index is 0.0353. The van der Waals surface area contributed by atoms with E-state index < -0.39 is 0 Å². The van der Waals surface area contributed by atoms with Gasteiger partial charge in [0, 0.05) is 6.04 Å². The number of nitrogens with zero attached hydrogens (tertiary/aromatic N) is 1. The first-order valence-electron chi connectivity index (χ1n) is 5.27. The maximum absolute atomic E-state index is 11.6. The highest BCUT2D eigenvalue weighted by Crippen LogP contribution is 2.08. The van der Waals surface area contributed by atoms with E-state index in [4.69, 9.17) is 5.73 Å². The second-order valence-corrected chi connectivity index (χ2v) is 4.00. The van der Waals surface area contributed by atoms with E-state index in [0.29, 0.717) is 5.82 Å². The number of carbonyl (C=O) groups excluding carboxylic acids is 1. The van der Waals surface area contributed by atoms with E-state index in [-0.39, 0.29) is 18.0 Å². The SMILES string of the molecule is CC(C)NC(=O)C(C)Nc1ccc(N)nc1. The minimum Gasteiger partial charge on any atom is -0.384 e. The molecule has 1 atom stereocenters. The average molecular weight is 222 g/mol. The van der Waals surface area contributed by atoms with Crippen molar-refractivity contribution in [2.45, 2.75) is 32.9 Å². The number of amides is 1. The Hall–Kier alpha value is -1.78. The Labute approximate surface area is 95.4 Å². The molecule has 0 saturated heterocycles. The van der Waals surface area contributed by atoms with E-state index in [1.165, 1.54) is 0 Å². The number of nitrogen functional groups attached to an aromatic ring is 1. The second kappa shape index (κ2) is 5.34. The van der Waals surface area contributed by atoms with E-state index >= 15 is 0 Å². The van der Waals surface area contributed by atoms with Crippen molar-refractivity contribution in [1.82, 2.24) is 10.3 Å². The van der Waals surface area contributed by atoms with Crippen molar-refractivity contribution in [3.8, 4) is 0 Å². The topological polar surface area (TPSA) is 80.0 Å². The summed E-state index contributed by atoms with van der Waals surface area (Å²) in [5.74, 6) is 0.427. The van der Waals surface area contributed by atoms with Gasteiger partial charge in [0.1, 0.15) is 11.9 Å². The molecule has 1 amide bonds. The third kappa shape index (κ3) is 3.76. The number of carbonyl (C=O) groups is 1. The van der Waals surface area contributed by atoms with E-state index in [2.05, 4.69) is 15.6 Å². The van der Waals surface area contributed by atoms with E-state index in [9.17, 15) is 4.79 Å². The van der Waals surface area contributed by atoms with Crippen LogP contribution in [-0.2, 0) is 4.79 Å². The van der Waals surface area contributed by atoms with Crippen molar-refractivity contribution in [2.24, 2.45) is 0 Å². The van der Waals surface area contributed by atoms with Crippen molar-refractivity contribution in [2.75, 3.05) is 11.1 Å². The first kappa shape index (κ1) is 12.3. The Balaban J connectivity index is 2.53. The lowest BCUT2D eigenvalue weighted by Crippen LogP contribution is -2.40. The van der Waals surface area contributed by atoms with Crippen molar-refractivity contribution in [1.29, 1.82) is 0 Å². The van der Waals surface area contributed by atoms with Crippen molar-refractivity contribution < 1.29 is 4.79 Å². The fourth-order valence-electron chi connectivity index (χ4n) is 1.22. The molecule has 5 nitrogen and oxygen atoms in total. The summed E-state index contributed by atoms with van der Waals surface area (Å²) >= 11 is 0. The molecule has 0 aliphatic heterocycles. The van der Waals surface area contributed by atoms with E-state index in [1.54, 1.807) is 25.3 Å². The summed E-state index contributed by atoms with van der Waals surface area (Å²) < 4.78 is 0. The predicted molar refractivity (Wildman–Crippen MR) is 65.0 cm³/mol. The molecule has 16 heavy (non-hydrogen) atoms. The zero-order chi connectivity index (χ0) is 12.1. The number of anilines is 2. The predicted octanol–water partition coefficient (Wildman–Crippen LogP) is 0.989. The molecule has 0 aromatic carbocycles. The third-order valence-corrected chi connectivity index (χ3v) is 1.99. The number of aromatic nitrogens is 1. The number of pyridine rings is 1. The van der Waals surface area contributed by atoms with Crippen LogP contribution in [0.25, 0.3) is 0 Å². The quantitative estimate of drug-likeness (QED) is 0.709. The van der Waals surface area contributed by atoms with Crippen LogP contribution in [-0.4, -0.2) is 23.0 Å². The Morgan fingerprint density at radius 3 is 2.56 bits per heavy atom. The monoisotopic (exact) mass is 222 g/mol. The molecule has 88 valence electrons. The molecular weight excluding hydrogens is 204 g/mol. The molecule has 0 aliphatic carbocycles. The Kier molecular flexibility index (Phi) is 4.10. The zero-order valence-electron chi connectivity index (χ0n) is 9.82. The van der Waals surface area contributed by atoms with Crippen molar-refractivity contribution in [3.63, 3.8) is 0 Å². The van der Waals surface area contributed by atoms with Crippen LogP contribution < -0.4 is 16.4 Å². The average Bonchev–Trinajstić information content (AvgIpc) is 2.20. The van der Waals surface area contributed by atoms with Crippen LogP contribution in [0.15, 0.2) is 18.3 Å². The lowest BCUT2D eigenvalue weighted by atomic mass is 10.2. The van der Waals surface area contributed by atoms with Crippen molar-refractivity contribution in [3.05, 3.63) is 18.3 Å². The summed E-state index contributed by atoms with van der Waals surface area (Å²) in [5.41, 5.74) is 6.24. The van der Waals surface area contributed by atoms with Crippen molar-refractivity contribution >= 4 is 17.4 Å². The van der Waals surface area contributed by atoms with Gasteiger partial charge in [-0.15, -0.1) is 0 Å². The van der Waals surface area contributed by atoms with Gasteiger partial charge in [-0.2, -0.15) is 0 Å². The number of hydrogen-bond donors (Lipinski definition) is 3. The third-order valence-electron chi connectivity index (χ3n) is 1.99.